The van der Waals surface area contributed by atoms with E-state index in [0.717, 1.165) is 16.8 Å². The minimum Gasteiger partial charge on any atom is -0.390 e. The first-order chi connectivity index (χ1) is 13.7. The van der Waals surface area contributed by atoms with Gasteiger partial charge in [0, 0.05) is 23.5 Å². The molecular formula is C23H28ClN3O2. The van der Waals surface area contributed by atoms with Crippen LogP contribution in [0.25, 0.3) is 0 Å². The smallest absolute Gasteiger partial charge is 0.318 e. The van der Waals surface area contributed by atoms with Crippen molar-refractivity contribution in [3.05, 3.63) is 70.2 Å². The highest BCUT2D eigenvalue weighted by Gasteiger charge is 2.28. The Bertz CT molecular complexity index is 888. The van der Waals surface area contributed by atoms with Gasteiger partial charge in [-0.15, -0.1) is 0 Å². The summed E-state index contributed by atoms with van der Waals surface area (Å²) in [6.07, 6.45) is 0.463. The topological polar surface area (TPSA) is 53.9 Å². The van der Waals surface area contributed by atoms with Crippen molar-refractivity contribution in [1.29, 1.82) is 0 Å². The molecule has 1 aliphatic heterocycles. The van der Waals surface area contributed by atoms with Crippen molar-refractivity contribution in [3.8, 4) is 0 Å². The number of amides is 2. The third kappa shape index (κ3) is 5.97. The van der Waals surface area contributed by atoms with Gasteiger partial charge in [-0.05, 0) is 44.9 Å². The molecule has 3 rings (SSSR count). The van der Waals surface area contributed by atoms with Crippen molar-refractivity contribution in [2.24, 2.45) is 5.16 Å². The highest BCUT2D eigenvalue weighted by molar-refractivity contribution is 6.31. The van der Waals surface area contributed by atoms with Crippen LogP contribution in [0.1, 0.15) is 43.9 Å². The van der Waals surface area contributed by atoms with E-state index in [1.807, 2.05) is 57.2 Å². The molecule has 2 amide bonds. The Hall–Kier alpha value is -2.53. The third-order valence-corrected chi connectivity index (χ3v) is 5.00. The molecule has 1 aliphatic rings. The molecule has 2 aromatic rings. The van der Waals surface area contributed by atoms with E-state index in [2.05, 4.69) is 29.5 Å². The number of carbonyl (C=O) groups is 1. The van der Waals surface area contributed by atoms with Crippen LogP contribution in [0.5, 0.6) is 0 Å². The Kier molecular flexibility index (Phi) is 6.48. The number of benzene rings is 2. The second-order valence-electron chi connectivity index (χ2n) is 8.49. The van der Waals surface area contributed by atoms with Gasteiger partial charge in [-0.25, -0.2) is 4.79 Å². The number of rotatable bonds is 5. The first-order valence-electron chi connectivity index (χ1n) is 9.81. The minimum atomic E-state index is -0.337. The lowest BCUT2D eigenvalue weighted by atomic mass is 10.0. The predicted octanol–water partition coefficient (Wildman–Crippen LogP) is 5.15. The molecule has 0 radical (unpaired) electrons. The third-order valence-electron chi connectivity index (χ3n) is 4.63. The molecule has 0 bridgehead atoms. The molecule has 1 heterocycles. The fourth-order valence-corrected chi connectivity index (χ4v) is 3.34. The molecule has 154 valence electrons. The van der Waals surface area contributed by atoms with E-state index < -0.39 is 0 Å². The molecule has 1 N–H and O–H groups in total. The van der Waals surface area contributed by atoms with E-state index in [9.17, 15) is 4.79 Å². The Labute approximate surface area is 177 Å². The van der Waals surface area contributed by atoms with Gasteiger partial charge in [0.15, 0.2) is 6.10 Å². The van der Waals surface area contributed by atoms with Crippen LogP contribution in [-0.2, 0) is 11.4 Å². The van der Waals surface area contributed by atoms with Crippen LogP contribution in [0.4, 0.5) is 4.79 Å². The number of halogens is 1. The summed E-state index contributed by atoms with van der Waals surface area (Å²) in [6, 6.07) is 15.6. The Morgan fingerprint density at radius 3 is 2.55 bits per heavy atom. The highest BCUT2D eigenvalue weighted by atomic mass is 35.5. The minimum absolute atomic E-state index is 0.148. The average Bonchev–Trinajstić information content (AvgIpc) is 3.10. The van der Waals surface area contributed by atoms with Crippen LogP contribution in [0, 0.1) is 6.92 Å². The van der Waals surface area contributed by atoms with Crippen molar-refractivity contribution in [1.82, 2.24) is 10.2 Å². The number of nitrogens with one attached hydrogen (secondary N) is 1. The highest BCUT2D eigenvalue weighted by Crippen LogP contribution is 2.21. The lowest BCUT2D eigenvalue weighted by molar-refractivity contribution is 0.0580. The normalized spacial score (nSPS) is 16.2. The fourth-order valence-electron chi connectivity index (χ4n) is 3.14. The van der Waals surface area contributed by atoms with Gasteiger partial charge in [0.05, 0.1) is 12.3 Å². The Morgan fingerprint density at radius 1 is 1.21 bits per heavy atom. The zero-order valence-electron chi connectivity index (χ0n) is 17.4. The first-order valence-corrected chi connectivity index (χ1v) is 10.2. The predicted molar refractivity (Wildman–Crippen MR) is 117 cm³/mol. The summed E-state index contributed by atoms with van der Waals surface area (Å²) in [4.78, 5) is 20.3. The monoisotopic (exact) mass is 413 g/mol. The molecule has 0 aromatic heterocycles. The molecule has 5 nitrogen and oxygen atoms in total. The number of nitrogens with zero attached hydrogens (tertiary/aromatic N) is 2. The molecule has 1 unspecified atom stereocenters. The lowest BCUT2D eigenvalue weighted by Crippen LogP contribution is -2.50. The van der Waals surface area contributed by atoms with Crippen LogP contribution in [0.2, 0.25) is 5.02 Å². The van der Waals surface area contributed by atoms with Gasteiger partial charge in [0.25, 0.3) is 0 Å². The summed E-state index contributed by atoms with van der Waals surface area (Å²) in [7, 11) is 0. The van der Waals surface area contributed by atoms with Gasteiger partial charge in [-0.2, -0.15) is 0 Å². The molecule has 29 heavy (non-hydrogen) atoms. The van der Waals surface area contributed by atoms with E-state index >= 15 is 0 Å². The average molecular weight is 414 g/mol. The molecule has 2 aromatic carbocycles. The second-order valence-corrected chi connectivity index (χ2v) is 8.89. The number of carbonyl (C=O) groups excluding carboxylic acids is 1. The van der Waals surface area contributed by atoms with Crippen LogP contribution >= 0.6 is 11.6 Å². The summed E-state index contributed by atoms with van der Waals surface area (Å²) in [5, 5.41) is 7.94. The molecule has 0 fully saturated rings. The van der Waals surface area contributed by atoms with Gasteiger partial charge < -0.3 is 15.1 Å². The van der Waals surface area contributed by atoms with Crippen LogP contribution in [-0.4, -0.2) is 34.8 Å². The van der Waals surface area contributed by atoms with Crippen LogP contribution in [0.3, 0.4) is 0 Å². The van der Waals surface area contributed by atoms with E-state index in [1.54, 1.807) is 4.90 Å². The van der Waals surface area contributed by atoms with E-state index in [1.165, 1.54) is 5.56 Å². The lowest BCUT2D eigenvalue weighted by Gasteiger charge is -2.30. The maximum Gasteiger partial charge on any atom is 0.318 e. The fraction of sp³-hybridized carbons (Fsp3) is 0.391. The maximum atomic E-state index is 12.9. The summed E-state index contributed by atoms with van der Waals surface area (Å²) in [5.74, 6) is 0. The number of hydrogen-bond donors (Lipinski definition) is 1. The van der Waals surface area contributed by atoms with Crippen molar-refractivity contribution >= 4 is 23.3 Å². The summed E-state index contributed by atoms with van der Waals surface area (Å²) in [5.41, 5.74) is 3.72. The summed E-state index contributed by atoms with van der Waals surface area (Å²) in [6.45, 7) is 8.77. The van der Waals surface area contributed by atoms with Gasteiger partial charge in [-0.3, -0.25) is 0 Å². The zero-order chi connectivity index (χ0) is 21.0. The van der Waals surface area contributed by atoms with Crippen LogP contribution in [0.15, 0.2) is 53.7 Å². The summed E-state index contributed by atoms with van der Waals surface area (Å²) >= 11 is 6.33. The Balaban J connectivity index is 1.71. The van der Waals surface area contributed by atoms with Crippen molar-refractivity contribution in [2.75, 3.05) is 6.54 Å². The van der Waals surface area contributed by atoms with E-state index in [4.69, 9.17) is 16.4 Å². The molecular weight excluding hydrogens is 386 g/mol. The van der Waals surface area contributed by atoms with Crippen molar-refractivity contribution < 1.29 is 9.63 Å². The Morgan fingerprint density at radius 2 is 1.90 bits per heavy atom. The van der Waals surface area contributed by atoms with Crippen molar-refractivity contribution in [3.63, 3.8) is 0 Å². The van der Waals surface area contributed by atoms with E-state index in [-0.39, 0.29) is 17.7 Å². The maximum absolute atomic E-state index is 12.9. The standard InChI is InChI=1S/C23H28ClN3O2/c1-16-9-11-17(12-10-16)21-13-19(29-26-21)15-27(22(28)25-23(2,3)4)14-18-7-5-6-8-20(18)24/h5-12,19H,13-15H2,1-4H3,(H,25,28). The quantitative estimate of drug-likeness (QED) is 0.736. The molecule has 0 aliphatic carbocycles. The number of oxime groups is 1. The molecule has 6 heteroatoms. The van der Waals surface area contributed by atoms with Gasteiger partial charge in [-0.1, -0.05) is 64.8 Å². The molecule has 0 spiro atoms. The SMILES string of the molecule is Cc1ccc(C2=NOC(CN(Cc3ccccc3Cl)C(=O)NC(C)(C)C)C2)cc1. The van der Waals surface area contributed by atoms with Gasteiger partial charge in [0.1, 0.15) is 0 Å². The van der Waals surface area contributed by atoms with Gasteiger partial charge >= 0.3 is 6.03 Å². The zero-order valence-corrected chi connectivity index (χ0v) is 18.2. The van der Waals surface area contributed by atoms with Crippen LogP contribution < -0.4 is 5.32 Å². The molecule has 1 atom stereocenters. The van der Waals surface area contributed by atoms with E-state index in [0.29, 0.717) is 24.5 Å². The number of aryl methyl sites for hydroxylation is 1. The van der Waals surface area contributed by atoms with Gasteiger partial charge in [0.2, 0.25) is 0 Å². The number of hydrogen-bond acceptors (Lipinski definition) is 3. The number of urea groups is 1. The van der Waals surface area contributed by atoms with Crippen molar-refractivity contribution in [2.45, 2.75) is 52.3 Å². The summed E-state index contributed by atoms with van der Waals surface area (Å²) < 4.78 is 0. The molecule has 0 saturated heterocycles. The largest absolute Gasteiger partial charge is 0.390 e. The first kappa shape index (κ1) is 21.2. The second kappa shape index (κ2) is 8.87. The molecule has 0 saturated carbocycles.